The quantitative estimate of drug-likeness (QED) is 0.798. The van der Waals surface area contributed by atoms with Crippen molar-refractivity contribution >= 4 is 16.7 Å². The summed E-state index contributed by atoms with van der Waals surface area (Å²) in [7, 11) is 0. The van der Waals surface area contributed by atoms with Gasteiger partial charge >= 0.3 is 0 Å². The largest absolute Gasteiger partial charge is 0.346 e. The van der Waals surface area contributed by atoms with E-state index in [0.717, 1.165) is 11.0 Å². The van der Waals surface area contributed by atoms with E-state index in [2.05, 4.69) is 9.36 Å². The van der Waals surface area contributed by atoms with Gasteiger partial charge in [0.2, 0.25) is 11.6 Å². The molecule has 6 heteroatoms. The van der Waals surface area contributed by atoms with E-state index in [9.17, 15) is 8.78 Å². The molecule has 3 rings (SSSR count). The second-order valence-electron chi connectivity index (χ2n) is 4.21. The van der Waals surface area contributed by atoms with Crippen LogP contribution in [-0.2, 0) is 0 Å². The number of aromatic nitrogens is 2. The maximum Gasteiger partial charge on any atom is 0.244 e. The van der Waals surface area contributed by atoms with Crippen LogP contribution in [0.15, 0.2) is 0 Å². The Balaban J connectivity index is 1.63. The zero-order chi connectivity index (χ0) is 10.4. The monoisotopic (exact) mass is 231 g/mol. The van der Waals surface area contributed by atoms with Crippen LogP contribution in [0, 0.1) is 5.92 Å². The molecule has 1 aromatic heterocycles. The van der Waals surface area contributed by atoms with E-state index in [1.165, 1.54) is 24.4 Å². The van der Waals surface area contributed by atoms with E-state index in [4.69, 9.17) is 0 Å². The van der Waals surface area contributed by atoms with Crippen molar-refractivity contribution in [2.75, 3.05) is 18.0 Å². The lowest BCUT2D eigenvalue weighted by atomic mass is 10.0. The summed E-state index contributed by atoms with van der Waals surface area (Å²) in [6, 6.07) is 0. The normalized spacial score (nSPS) is 22.2. The molecule has 0 aromatic carbocycles. The van der Waals surface area contributed by atoms with E-state index in [0.29, 0.717) is 19.0 Å². The van der Waals surface area contributed by atoms with Crippen LogP contribution in [0.3, 0.4) is 0 Å². The Morgan fingerprint density at radius 3 is 2.67 bits per heavy atom. The van der Waals surface area contributed by atoms with Crippen molar-refractivity contribution in [3.8, 4) is 0 Å². The molecule has 0 amide bonds. The highest BCUT2D eigenvalue weighted by Gasteiger charge is 2.36. The smallest absolute Gasteiger partial charge is 0.244 e. The minimum atomic E-state index is -2.20. The molecule has 2 aliphatic rings. The third-order valence-corrected chi connectivity index (χ3v) is 3.70. The fraction of sp³-hybridized carbons (Fsp3) is 0.778. The number of nitrogens with zero attached hydrogens (tertiary/aromatic N) is 3. The minimum Gasteiger partial charge on any atom is -0.346 e. The molecule has 0 spiro atoms. The molecule has 1 saturated carbocycles. The van der Waals surface area contributed by atoms with Gasteiger partial charge in [0.1, 0.15) is 5.82 Å². The summed E-state index contributed by atoms with van der Waals surface area (Å²) in [4.78, 5) is 6.27. The predicted molar refractivity (Wildman–Crippen MR) is 53.6 cm³/mol. The van der Waals surface area contributed by atoms with Gasteiger partial charge in [-0.3, -0.25) is 0 Å². The molecule has 15 heavy (non-hydrogen) atoms. The molecule has 1 aliphatic carbocycles. The third-order valence-electron chi connectivity index (χ3n) is 2.91. The Hall–Kier alpha value is -0.780. The molecule has 3 nitrogen and oxygen atoms in total. The van der Waals surface area contributed by atoms with Gasteiger partial charge in [0.25, 0.3) is 0 Å². The van der Waals surface area contributed by atoms with Crippen LogP contribution >= 0.6 is 11.5 Å². The lowest BCUT2D eigenvalue weighted by Gasteiger charge is -2.38. The number of hydrogen-bond donors (Lipinski definition) is 0. The number of anilines is 1. The Morgan fingerprint density at radius 2 is 2.07 bits per heavy atom. The molecule has 1 aromatic rings. The molecule has 2 fully saturated rings. The van der Waals surface area contributed by atoms with Crippen LogP contribution in [0.5, 0.6) is 0 Å². The van der Waals surface area contributed by atoms with E-state index < -0.39 is 12.3 Å². The highest BCUT2D eigenvalue weighted by molar-refractivity contribution is 7.09. The molecule has 2 heterocycles. The van der Waals surface area contributed by atoms with E-state index in [1.807, 2.05) is 4.90 Å². The van der Waals surface area contributed by atoms with Crippen LogP contribution in [0.1, 0.15) is 24.6 Å². The Labute approximate surface area is 90.3 Å². The number of halogens is 2. The van der Waals surface area contributed by atoms with Gasteiger partial charge in [0.15, 0.2) is 0 Å². The molecule has 0 atom stereocenters. The highest BCUT2D eigenvalue weighted by atomic mass is 32.1. The lowest BCUT2D eigenvalue weighted by Crippen LogP contribution is -2.50. The van der Waals surface area contributed by atoms with Crippen LogP contribution in [0.2, 0.25) is 0 Å². The van der Waals surface area contributed by atoms with Gasteiger partial charge in [-0.2, -0.15) is 4.37 Å². The Kier molecular flexibility index (Phi) is 2.12. The SMILES string of the molecule is FC(F)C1CN(c2nc(C3CC3)ns2)C1. The van der Waals surface area contributed by atoms with Crippen molar-refractivity contribution in [1.82, 2.24) is 9.36 Å². The summed E-state index contributed by atoms with van der Waals surface area (Å²) in [6.45, 7) is 0.855. The Bertz CT molecular complexity index is 358. The van der Waals surface area contributed by atoms with Gasteiger partial charge in [0.05, 0.1) is 5.92 Å². The van der Waals surface area contributed by atoms with E-state index >= 15 is 0 Å². The molecule has 1 saturated heterocycles. The summed E-state index contributed by atoms with van der Waals surface area (Å²) in [5.41, 5.74) is 0. The van der Waals surface area contributed by atoms with Crippen molar-refractivity contribution in [2.45, 2.75) is 25.2 Å². The first-order valence-corrected chi connectivity index (χ1v) is 5.88. The minimum absolute atomic E-state index is 0.428. The van der Waals surface area contributed by atoms with Crippen molar-refractivity contribution in [2.24, 2.45) is 5.92 Å². The average Bonchev–Trinajstić information content (AvgIpc) is 2.84. The van der Waals surface area contributed by atoms with Gasteiger partial charge < -0.3 is 4.90 Å². The standard InChI is InChI=1S/C9H11F2N3S/c10-7(11)6-3-14(4-6)9-12-8(13-15-9)5-1-2-5/h5-7H,1-4H2. The topological polar surface area (TPSA) is 29.0 Å². The number of alkyl halides is 2. The molecule has 0 N–H and O–H groups in total. The second-order valence-corrected chi connectivity index (χ2v) is 4.94. The van der Waals surface area contributed by atoms with Gasteiger partial charge in [-0.1, -0.05) is 0 Å². The molecule has 1 aliphatic heterocycles. The maximum atomic E-state index is 12.3. The fourth-order valence-corrected chi connectivity index (χ4v) is 2.45. The van der Waals surface area contributed by atoms with Crippen LogP contribution in [-0.4, -0.2) is 28.9 Å². The summed E-state index contributed by atoms with van der Waals surface area (Å²) >= 11 is 1.34. The molecule has 0 unspecified atom stereocenters. The first-order valence-electron chi connectivity index (χ1n) is 5.11. The van der Waals surface area contributed by atoms with Crippen molar-refractivity contribution in [1.29, 1.82) is 0 Å². The van der Waals surface area contributed by atoms with E-state index in [1.54, 1.807) is 0 Å². The average molecular weight is 231 g/mol. The molecule has 0 bridgehead atoms. The summed E-state index contributed by atoms with van der Waals surface area (Å²) < 4.78 is 28.8. The predicted octanol–water partition coefficient (Wildman–Crippen LogP) is 2.12. The van der Waals surface area contributed by atoms with Crippen molar-refractivity contribution < 1.29 is 8.78 Å². The fourth-order valence-electron chi connectivity index (χ4n) is 1.69. The lowest BCUT2D eigenvalue weighted by molar-refractivity contribution is 0.0614. The Morgan fingerprint density at radius 1 is 1.33 bits per heavy atom. The maximum absolute atomic E-state index is 12.3. The van der Waals surface area contributed by atoms with Crippen LogP contribution in [0.25, 0.3) is 0 Å². The molecule has 82 valence electrons. The van der Waals surface area contributed by atoms with Crippen molar-refractivity contribution in [3.05, 3.63) is 5.82 Å². The molecule has 0 radical (unpaired) electrons. The van der Waals surface area contributed by atoms with Gasteiger partial charge in [-0.25, -0.2) is 13.8 Å². The second kappa shape index (κ2) is 3.37. The summed E-state index contributed by atoms with van der Waals surface area (Å²) in [6.07, 6.45) is 0.156. The summed E-state index contributed by atoms with van der Waals surface area (Å²) in [5, 5.41) is 0.814. The zero-order valence-electron chi connectivity index (χ0n) is 8.07. The molecular weight excluding hydrogens is 220 g/mol. The zero-order valence-corrected chi connectivity index (χ0v) is 8.88. The molecular formula is C9H11F2N3S. The summed E-state index contributed by atoms with van der Waals surface area (Å²) in [5.74, 6) is 0.982. The van der Waals surface area contributed by atoms with Crippen molar-refractivity contribution in [3.63, 3.8) is 0 Å². The van der Waals surface area contributed by atoms with Gasteiger partial charge in [-0.05, 0) is 12.8 Å². The number of rotatable bonds is 3. The van der Waals surface area contributed by atoms with Crippen LogP contribution < -0.4 is 4.90 Å². The van der Waals surface area contributed by atoms with Gasteiger partial charge in [0, 0.05) is 30.5 Å². The van der Waals surface area contributed by atoms with Crippen LogP contribution in [0.4, 0.5) is 13.9 Å². The first-order chi connectivity index (χ1) is 7.24. The third kappa shape index (κ3) is 1.71. The first kappa shape index (κ1) is 9.45. The van der Waals surface area contributed by atoms with Gasteiger partial charge in [-0.15, -0.1) is 0 Å². The number of hydrogen-bond acceptors (Lipinski definition) is 4. The van der Waals surface area contributed by atoms with E-state index in [-0.39, 0.29) is 0 Å². The highest BCUT2D eigenvalue weighted by Crippen LogP contribution is 2.40.